The lowest BCUT2D eigenvalue weighted by Crippen LogP contribution is -2.30. The van der Waals surface area contributed by atoms with Crippen LogP contribution < -0.4 is 11.3 Å². The van der Waals surface area contributed by atoms with Crippen LogP contribution in [0.5, 0.6) is 0 Å². The monoisotopic (exact) mass is 270 g/mol. The van der Waals surface area contributed by atoms with Crippen LogP contribution in [0.3, 0.4) is 0 Å². The maximum atomic E-state index is 6.18. The summed E-state index contributed by atoms with van der Waals surface area (Å²) in [4.78, 5) is 2.39. The van der Waals surface area contributed by atoms with E-state index in [9.17, 15) is 0 Å². The van der Waals surface area contributed by atoms with Gasteiger partial charge in [0.2, 0.25) is 0 Å². The van der Waals surface area contributed by atoms with Crippen LogP contribution in [-0.4, -0.2) is 9.78 Å². The van der Waals surface area contributed by atoms with Crippen molar-refractivity contribution in [2.24, 2.45) is 5.84 Å². The Hall–Kier alpha value is -0.880. The third-order valence-electron chi connectivity index (χ3n) is 2.62. The van der Waals surface area contributed by atoms with Gasteiger partial charge in [0, 0.05) is 16.3 Å². The van der Waals surface area contributed by atoms with Gasteiger partial charge >= 0.3 is 0 Å². The van der Waals surface area contributed by atoms with Gasteiger partial charge in [-0.1, -0.05) is 11.6 Å². The largest absolute Gasteiger partial charge is 0.270 e. The Morgan fingerprint density at radius 2 is 2.35 bits per heavy atom. The summed E-state index contributed by atoms with van der Waals surface area (Å²) in [5.74, 6) is 5.65. The first-order chi connectivity index (χ1) is 8.17. The number of hydrazine groups is 1. The van der Waals surface area contributed by atoms with Crippen molar-refractivity contribution in [2.45, 2.75) is 26.4 Å². The molecule has 2 aromatic heterocycles. The highest BCUT2D eigenvalue weighted by Gasteiger charge is 2.21. The smallest absolute Gasteiger partial charge is 0.0985 e. The number of thiophene rings is 1. The van der Waals surface area contributed by atoms with Crippen molar-refractivity contribution in [2.75, 3.05) is 0 Å². The summed E-state index contributed by atoms with van der Waals surface area (Å²) in [5, 5.41) is 4.87. The van der Waals surface area contributed by atoms with Crippen LogP contribution >= 0.6 is 22.9 Å². The summed E-state index contributed by atoms with van der Waals surface area (Å²) in [6.45, 7) is 4.87. The van der Waals surface area contributed by atoms with Gasteiger partial charge in [-0.25, -0.2) is 5.43 Å². The third kappa shape index (κ3) is 2.37. The van der Waals surface area contributed by atoms with Gasteiger partial charge in [-0.15, -0.1) is 11.3 Å². The average Bonchev–Trinajstić information content (AvgIpc) is 2.89. The highest BCUT2D eigenvalue weighted by molar-refractivity contribution is 7.12. The number of nitrogens with one attached hydrogen (secondary N) is 1. The minimum Gasteiger partial charge on any atom is -0.270 e. The molecule has 0 saturated heterocycles. The summed E-state index contributed by atoms with van der Waals surface area (Å²) in [5.41, 5.74) is 3.73. The van der Waals surface area contributed by atoms with Crippen LogP contribution in [-0.2, 0) is 6.54 Å². The number of nitrogens with two attached hydrogens (primary N) is 1. The zero-order valence-corrected chi connectivity index (χ0v) is 11.3. The number of aromatic nitrogens is 2. The molecule has 0 aliphatic heterocycles. The lowest BCUT2D eigenvalue weighted by molar-refractivity contribution is 0.548. The molecule has 2 aromatic rings. The van der Waals surface area contributed by atoms with Crippen LogP contribution in [0.25, 0.3) is 0 Å². The Kier molecular flexibility index (Phi) is 3.83. The Labute approximate surface area is 109 Å². The first kappa shape index (κ1) is 12.6. The van der Waals surface area contributed by atoms with Crippen LogP contribution in [0.1, 0.15) is 28.4 Å². The molecule has 0 aliphatic carbocycles. The molecule has 0 amide bonds. The molecule has 0 fully saturated rings. The molecule has 1 atom stereocenters. The zero-order chi connectivity index (χ0) is 12.4. The van der Waals surface area contributed by atoms with Gasteiger partial charge < -0.3 is 0 Å². The fourth-order valence-corrected chi connectivity index (χ4v) is 3.01. The molecule has 6 heteroatoms. The molecule has 4 nitrogen and oxygen atoms in total. The van der Waals surface area contributed by atoms with E-state index in [2.05, 4.69) is 29.6 Å². The van der Waals surface area contributed by atoms with E-state index in [0.29, 0.717) is 5.02 Å². The molecule has 3 N–H and O–H groups in total. The van der Waals surface area contributed by atoms with E-state index in [1.807, 2.05) is 11.6 Å². The van der Waals surface area contributed by atoms with E-state index in [4.69, 9.17) is 17.4 Å². The number of rotatable bonds is 4. The van der Waals surface area contributed by atoms with Crippen molar-refractivity contribution in [3.63, 3.8) is 0 Å². The van der Waals surface area contributed by atoms with Crippen molar-refractivity contribution in [1.82, 2.24) is 15.2 Å². The van der Waals surface area contributed by atoms with Crippen molar-refractivity contribution in [3.8, 4) is 0 Å². The second-order valence-electron chi connectivity index (χ2n) is 3.74. The van der Waals surface area contributed by atoms with Crippen LogP contribution in [0, 0.1) is 6.92 Å². The summed E-state index contributed by atoms with van der Waals surface area (Å²) in [6.07, 6.45) is 1.66. The maximum absolute atomic E-state index is 6.18. The Balaban J connectivity index is 2.44. The maximum Gasteiger partial charge on any atom is 0.0985 e. The Bertz CT molecular complexity index is 505. The molecular formula is C11H15ClN4S. The number of halogens is 1. The normalized spacial score (nSPS) is 12.9. The molecule has 0 aliphatic rings. The lowest BCUT2D eigenvalue weighted by atomic mass is 10.2. The summed E-state index contributed by atoms with van der Waals surface area (Å²) < 4.78 is 1.86. The molecule has 0 spiro atoms. The summed E-state index contributed by atoms with van der Waals surface area (Å²) >= 11 is 7.88. The van der Waals surface area contributed by atoms with Crippen molar-refractivity contribution >= 4 is 22.9 Å². The summed E-state index contributed by atoms with van der Waals surface area (Å²) in [6, 6.07) is 4.03. The van der Waals surface area contributed by atoms with E-state index in [1.165, 1.54) is 4.88 Å². The lowest BCUT2D eigenvalue weighted by Gasteiger charge is -2.16. The standard InChI is InChI=1S/C11H15ClN4S/c1-3-16-11(8(12)6-14-16)10(15-13)9-5-4-7(2)17-9/h4-6,10,15H,3,13H2,1-2H3. The Morgan fingerprint density at radius 3 is 2.88 bits per heavy atom. The fourth-order valence-electron chi connectivity index (χ4n) is 1.82. The molecule has 0 saturated carbocycles. The highest BCUT2D eigenvalue weighted by Crippen LogP contribution is 2.31. The van der Waals surface area contributed by atoms with Crippen molar-refractivity contribution in [1.29, 1.82) is 0 Å². The minimum absolute atomic E-state index is 0.108. The number of nitrogens with zero attached hydrogens (tertiary/aromatic N) is 2. The zero-order valence-electron chi connectivity index (χ0n) is 9.77. The first-order valence-electron chi connectivity index (χ1n) is 5.41. The van der Waals surface area contributed by atoms with Gasteiger partial charge in [-0.2, -0.15) is 5.10 Å². The predicted octanol–water partition coefficient (Wildman–Crippen LogP) is 2.48. The van der Waals surface area contributed by atoms with Gasteiger partial charge in [-0.05, 0) is 26.0 Å². The number of hydrogen-bond acceptors (Lipinski definition) is 4. The minimum atomic E-state index is -0.108. The summed E-state index contributed by atoms with van der Waals surface area (Å²) in [7, 11) is 0. The molecule has 2 heterocycles. The van der Waals surface area contributed by atoms with Crippen molar-refractivity contribution < 1.29 is 0 Å². The average molecular weight is 271 g/mol. The molecule has 0 bridgehead atoms. The van der Waals surface area contributed by atoms with Gasteiger partial charge in [0.15, 0.2) is 0 Å². The van der Waals surface area contributed by atoms with E-state index in [0.717, 1.165) is 17.1 Å². The number of hydrogen-bond donors (Lipinski definition) is 2. The predicted molar refractivity (Wildman–Crippen MR) is 71.1 cm³/mol. The molecule has 1 unspecified atom stereocenters. The van der Waals surface area contributed by atoms with Crippen LogP contribution in [0.15, 0.2) is 18.3 Å². The topological polar surface area (TPSA) is 55.9 Å². The SMILES string of the molecule is CCn1ncc(Cl)c1C(NN)c1ccc(C)s1. The third-order valence-corrected chi connectivity index (χ3v) is 3.98. The molecule has 2 rings (SSSR count). The molecule has 92 valence electrons. The van der Waals surface area contributed by atoms with Gasteiger partial charge in [0.05, 0.1) is 23.0 Å². The molecule has 17 heavy (non-hydrogen) atoms. The van der Waals surface area contributed by atoms with Gasteiger partial charge in [-0.3, -0.25) is 10.5 Å². The van der Waals surface area contributed by atoms with Crippen LogP contribution in [0.4, 0.5) is 0 Å². The Morgan fingerprint density at radius 1 is 1.59 bits per heavy atom. The van der Waals surface area contributed by atoms with Crippen molar-refractivity contribution in [3.05, 3.63) is 38.8 Å². The van der Waals surface area contributed by atoms with E-state index < -0.39 is 0 Å². The quantitative estimate of drug-likeness (QED) is 0.663. The van der Waals surface area contributed by atoms with E-state index in [1.54, 1.807) is 17.5 Å². The number of aryl methyl sites for hydroxylation is 2. The molecule has 0 aromatic carbocycles. The molecular weight excluding hydrogens is 256 g/mol. The first-order valence-corrected chi connectivity index (χ1v) is 6.60. The van der Waals surface area contributed by atoms with Gasteiger partial charge in [0.1, 0.15) is 0 Å². The van der Waals surface area contributed by atoms with Gasteiger partial charge in [0.25, 0.3) is 0 Å². The van der Waals surface area contributed by atoms with E-state index >= 15 is 0 Å². The fraction of sp³-hybridized carbons (Fsp3) is 0.364. The molecule has 0 radical (unpaired) electrons. The second-order valence-corrected chi connectivity index (χ2v) is 5.47. The van der Waals surface area contributed by atoms with E-state index in [-0.39, 0.29) is 6.04 Å². The van der Waals surface area contributed by atoms with Crippen LogP contribution in [0.2, 0.25) is 5.02 Å². The highest BCUT2D eigenvalue weighted by atomic mass is 35.5. The second kappa shape index (κ2) is 5.18.